The zero-order chi connectivity index (χ0) is 11.4. The van der Waals surface area contributed by atoms with E-state index in [0.717, 1.165) is 12.4 Å². The number of hydrogen-bond acceptors (Lipinski definition) is 5. The second-order valence-corrected chi connectivity index (χ2v) is 4.32. The van der Waals surface area contributed by atoms with Crippen LogP contribution in [0.25, 0.3) is 0 Å². The molecule has 4 N–H and O–H groups in total. The highest BCUT2D eigenvalue weighted by Gasteiger charge is 2.16. The Hall–Kier alpha value is -1.08. The van der Waals surface area contributed by atoms with Gasteiger partial charge in [-0.3, -0.25) is 4.79 Å². The fraction of sp³-hybridized carbons (Fsp3) is 0.625. The second-order valence-electron chi connectivity index (χ2n) is 3.01. The van der Waals surface area contributed by atoms with E-state index >= 15 is 0 Å². The van der Waals surface area contributed by atoms with Crippen molar-refractivity contribution in [2.75, 3.05) is 0 Å². The van der Waals surface area contributed by atoms with E-state index in [9.17, 15) is 4.79 Å². The van der Waals surface area contributed by atoms with Gasteiger partial charge >= 0.3 is 0 Å². The molecule has 0 fully saturated rings. The Kier molecular flexibility index (Phi) is 4.10. The third-order valence-corrected chi connectivity index (χ3v) is 3.07. The summed E-state index contributed by atoms with van der Waals surface area (Å²) < 4.78 is 1.88. The largest absolute Gasteiger partial charge is 0.369 e. The lowest BCUT2D eigenvalue weighted by molar-refractivity contribution is -0.117. The number of carbonyl (C=O) groups is 1. The molecule has 6 nitrogen and oxygen atoms in total. The van der Waals surface area contributed by atoms with E-state index in [1.54, 1.807) is 6.92 Å². The van der Waals surface area contributed by atoms with Crippen molar-refractivity contribution in [2.24, 2.45) is 11.5 Å². The minimum atomic E-state index is -0.361. The molecule has 1 aromatic rings. The minimum Gasteiger partial charge on any atom is -0.369 e. The highest BCUT2D eigenvalue weighted by Crippen LogP contribution is 2.21. The first-order valence-electron chi connectivity index (χ1n) is 4.68. The van der Waals surface area contributed by atoms with Crippen LogP contribution in [0.15, 0.2) is 5.16 Å². The normalized spacial score (nSPS) is 12.7. The lowest BCUT2D eigenvalue weighted by atomic mass is 10.5. The summed E-state index contributed by atoms with van der Waals surface area (Å²) in [6.45, 7) is 4.78. The molecular formula is C8H15N5OS. The SMILES string of the molecule is CCn1c(CN)nnc1SC(C)C(N)=O. The molecule has 0 spiro atoms. The Morgan fingerprint density at radius 2 is 2.27 bits per heavy atom. The highest BCUT2D eigenvalue weighted by molar-refractivity contribution is 8.00. The molecule has 15 heavy (non-hydrogen) atoms. The first-order valence-corrected chi connectivity index (χ1v) is 5.56. The van der Waals surface area contributed by atoms with Gasteiger partial charge in [-0.15, -0.1) is 10.2 Å². The molecule has 1 unspecified atom stereocenters. The highest BCUT2D eigenvalue weighted by atomic mass is 32.2. The predicted octanol–water partition coefficient (Wildman–Crippen LogP) is -0.277. The summed E-state index contributed by atoms with van der Waals surface area (Å²) in [7, 11) is 0. The van der Waals surface area contributed by atoms with Gasteiger partial charge in [-0.1, -0.05) is 11.8 Å². The fourth-order valence-electron chi connectivity index (χ4n) is 1.09. The summed E-state index contributed by atoms with van der Waals surface area (Å²) in [6.07, 6.45) is 0. The minimum absolute atomic E-state index is 0.315. The van der Waals surface area contributed by atoms with Gasteiger partial charge in [-0.2, -0.15) is 0 Å². The molecule has 0 saturated carbocycles. The molecule has 84 valence electrons. The third kappa shape index (κ3) is 2.69. The summed E-state index contributed by atoms with van der Waals surface area (Å²) in [5, 5.41) is 8.27. The van der Waals surface area contributed by atoms with Crippen molar-refractivity contribution in [1.29, 1.82) is 0 Å². The number of nitrogens with two attached hydrogens (primary N) is 2. The monoisotopic (exact) mass is 229 g/mol. The lowest BCUT2D eigenvalue weighted by Crippen LogP contribution is -2.23. The number of aromatic nitrogens is 3. The van der Waals surface area contributed by atoms with Gasteiger partial charge in [0.05, 0.1) is 11.8 Å². The molecule has 7 heteroatoms. The van der Waals surface area contributed by atoms with Crippen LogP contribution in [-0.2, 0) is 17.9 Å². The molecule has 0 saturated heterocycles. The van der Waals surface area contributed by atoms with Gasteiger partial charge in [0.25, 0.3) is 0 Å². The van der Waals surface area contributed by atoms with Gasteiger partial charge in [0, 0.05) is 6.54 Å². The molecule has 0 aliphatic rings. The first-order chi connectivity index (χ1) is 7.10. The van der Waals surface area contributed by atoms with Crippen LogP contribution in [0.1, 0.15) is 19.7 Å². The van der Waals surface area contributed by atoms with Gasteiger partial charge in [0.15, 0.2) is 5.16 Å². The van der Waals surface area contributed by atoms with Crippen molar-refractivity contribution in [2.45, 2.75) is 37.3 Å². The fourth-order valence-corrected chi connectivity index (χ4v) is 1.97. The molecule has 1 heterocycles. The van der Waals surface area contributed by atoms with Crippen LogP contribution in [0.4, 0.5) is 0 Å². The maximum absolute atomic E-state index is 10.9. The topological polar surface area (TPSA) is 99.8 Å². The molecule has 1 atom stereocenters. The molecule has 0 aliphatic carbocycles. The average Bonchev–Trinajstić information content (AvgIpc) is 2.59. The van der Waals surface area contributed by atoms with E-state index in [1.165, 1.54) is 11.8 Å². The Morgan fingerprint density at radius 1 is 1.60 bits per heavy atom. The van der Waals surface area contributed by atoms with E-state index < -0.39 is 0 Å². The average molecular weight is 229 g/mol. The van der Waals surface area contributed by atoms with Crippen LogP contribution >= 0.6 is 11.8 Å². The standard InChI is InChI=1S/C8H15N5OS/c1-3-13-6(4-9)11-12-8(13)15-5(2)7(10)14/h5H,3-4,9H2,1-2H3,(H2,10,14). The molecular weight excluding hydrogens is 214 g/mol. The number of primary amides is 1. The number of nitrogens with zero attached hydrogens (tertiary/aromatic N) is 3. The molecule has 0 bridgehead atoms. The van der Waals surface area contributed by atoms with Crippen LogP contribution in [0.5, 0.6) is 0 Å². The van der Waals surface area contributed by atoms with E-state index in [2.05, 4.69) is 10.2 Å². The van der Waals surface area contributed by atoms with Gasteiger partial charge in [-0.05, 0) is 13.8 Å². The third-order valence-electron chi connectivity index (χ3n) is 1.98. The molecule has 1 rings (SSSR count). The second kappa shape index (κ2) is 5.13. The van der Waals surface area contributed by atoms with E-state index in [0.29, 0.717) is 11.7 Å². The van der Waals surface area contributed by atoms with Crippen LogP contribution < -0.4 is 11.5 Å². The molecule has 0 radical (unpaired) electrons. The van der Waals surface area contributed by atoms with Crippen LogP contribution in [0, 0.1) is 0 Å². The van der Waals surface area contributed by atoms with Crippen LogP contribution in [0.2, 0.25) is 0 Å². The van der Waals surface area contributed by atoms with Crippen molar-refractivity contribution >= 4 is 17.7 Å². The van der Waals surface area contributed by atoms with Gasteiger partial charge in [0.1, 0.15) is 5.82 Å². The smallest absolute Gasteiger partial charge is 0.230 e. The van der Waals surface area contributed by atoms with Crippen molar-refractivity contribution in [3.63, 3.8) is 0 Å². The van der Waals surface area contributed by atoms with Crippen LogP contribution in [-0.4, -0.2) is 25.9 Å². The lowest BCUT2D eigenvalue weighted by Gasteiger charge is -2.08. The summed E-state index contributed by atoms with van der Waals surface area (Å²) in [5.74, 6) is 0.358. The Balaban J connectivity index is 2.85. The van der Waals surface area contributed by atoms with Crippen molar-refractivity contribution < 1.29 is 4.79 Å². The van der Waals surface area contributed by atoms with E-state index in [1.807, 2.05) is 11.5 Å². The van der Waals surface area contributed by atoms with Crippen molar-refractivity contribution in [3.05, 3.63) is 5.82 Å². The van der Waals surface area contributed by atoms with E-state index in [4.69, 9.17) is 11.5 Å². The number of hydrogen-bond donors (Lipinski definition) is 2. The molecule has 1 aromatic heterocycles. The summed E-state index contributed by atoms with van der Waals surface area (Å²) in [4.78, 5) is 10.9. The Bertz CT molecular complexity index is 351. The number of thioether (sulfide) groups is 1. The zero-order valence-electron chi connectivity index (χ0n) is 8.80. The van der Waals surface area contributed by atoms with Crippen molar-refractivity contribution in [1.82, 2.24) is 14.8 Å². The zero-order valence-corrected chi connectivity index (χ0v) is 9.62. The van der Waals surface area contributed by atoms with Gasteiger partial charge in [-0.25, -0.2) is 0 Å². The molecule has 1 amide bonds. The number of rotatable bonds is 5. The van der Waals surface area contributed by atoms with E-state index in [-0.39, 0.29) is 11.2 Å². The summed E-state index contributed by atoms with van der Waals surface area (Å²) in [6, 6.07) is 0. The molecule has 0 aromatic carbocycles. The van der Waals surface area contributed by atoms with Gasteiger partial charge in [0.2, 0.25) is 5.91 Å². The van der Waals surface area contributed by atoms with Crippen molar-refractivity contribution in [3.8, 4) is 0 Å². The van der Waals surface area contributed by atoms with Gasteiger partial charge < -0.3 is 16.0 Å². The Labute approximate surface area is 92.4 Å². The van der Waals surface area contributed by atoms with Crippen LogP contribution in [0.3, 0.4) is 0 Å². The molecule has 0 aliphatic heterocycles. The quantitative estimate of drug-likeness (QED) is 0.676. The summed E-state index contributed by atoms with van der Waals surface area (Å²) in [5.41, 5.74) is 10.7. The maximum atomic E-state index is 10.9. The maximum Gasteiger partial charge on any atom is 0.230 e. The Morgan fingerprint density at radius 3 is 2.73 bits per heavy atom. The first kappa shape index (κ1) is 12.0. The predicted molar refractivity (Wildman–Crippen MR) is 58.1 cm³/mol. The number of carbonyl (C=O) groups excluding carboxylic acids is 1. The summed E-state index contributed by atoms with van der Waals surface area (Å²) >= 11 is 1.30. The number of amides is 1.